The summed E-state index contributed by atoms with van der Waals surface area (Å²) < 4.78 is 27.5. The van der Waals surface area contributed by atoms with Crippen LogP contribution in [0.3, 0.4) is 0 Å². The second-order valence-electron chi connectivity index (χ2n) is 6.71. The van der Waals surface area contributed by atoms with E-state index in [1.807, 2.05) is 13.8 Å². The number of nitrogens with zero attached hydrogens (tertiary/aromatic N) is 3. The van der Waals surface area contributed by atoms with Crippen molar-refractivity contribution in [1.82, 2.24) is 10.2 Å². The molecule has 0 unspecified atom stereocenters. The molecule has 1 aromatic heterocycles. The number of nitro benzene ring substituents is 1. The van der Waals surface area contributed by atoms with E-state index in [1.54, 1.807) is 37.3 Å². The number of aryl methyl sites for hydroxylation is 2. The highest BCUT2D eigenvalue weighted by molar-refractivity contribution is 7.92. The highest BCUT2D eigenvalue weighted by atomic mass is 32.2. The predicted molar refractivity (Wildman–Crippen MR) is 115 cm³/mol. The lowest BCUT2D eigenvalue weighted by atomic mass is 10.2. The SMILES string of the molecule is CCN(c1ccccc1)S(=O)(=O)c1ccc(NCc2c(C)n[nH]c2C)c([N+](=O)[O-])c1. The van der Waals surface area contributed by atoms with Gasteiger partial charge in [-0.2, -0.15) is 5.10 Å². The van der Waals surface area contributed by atoms with Gasteiger partial charge < -0.3 is 5.32 Å². The molecule has 0 aliphatic heterocycles. The third-order valence-corrected chi connectivity index (χ3v) is 6.72. The maximum Gasteiger partial charge on any atom is 0.293 e. The van der Waals surface area contributed by atoms with E-state index in [1.165, 1.54) is 16.4 Å². The highest BCUT2D eigenvalue weighted by Gasteiger charge is 2.27. The third-order valence-electron chi connectivity index (χ3n) is 4.82. The van der Waals surface area contributed by atoms with Crippen molar-refractivity contribution in [3.05, 3.63) is 75.6 Å². The minimum Gasteiger partial charge on any atom is -0.375 e. The van der Waals surface area contributed by atoms with Gasteiger partial charge in [0, 0.05) is 30.4 Å². The molecule has 9 nitrogen and oxygen atoms in total. The lowest BCUT2D eigenvalue weighted by Crippen LogP contribution is -2.30. The minimum absolute atomic E-state index is 0.138. The number of para-hydroxylation sites is 1. The van der Waals surface area contributed by atoms with Crippen LogP contribution in [0.1, 0.15) is 23.9 Å². The molecule has 0 saturated heterocycles. The number of nitro groups is 1. The van der Waals surface area contributed by atoms with Gasteiger partial charge in [-0.25, -0.2) is 8.42 Å². The smallest absolute Gasteiger partial charge is 0.293 e. The van der Waals surface area contributed by atoms with Crippen LogP contribution in [0.4, 0.5) is 17.1 Å². The van der Waals surface area contributed by atoms with Crippen molar-refractivity contribution in [3.63, 3.8) is 0 Å². The zero-order chi connectivity index (χ0) is 21.9. The molecule has 0 spiro atoms. The number of H-pyrrole nitrogens is 1. The normalized spacial score (nSPS) is 11.3. The van der Waals surface area contributed by atoms with E-state index in [2.05, 4.69) is 15.5 Å². The summed E-state index contributed by atoms with van der Waals surface area (Å²) >= 11 is 0. The Morgan fingerprint density at radius 3 is 2.43 bits per heavy atom. The van der Waals surface area contributed by atoms with Gasteiger partial charge in [-0.3, -0.25) is 19.5 Å². The van der Waals surface area contributed by atoms with E-state index in [0.717, 1.165) is 23.0 Å². The number of aromatic amines is 1. The Morgan fingerprint density at radius 2 is 1.87 bits per heavy atom. The first-order chi connectivity index (χ1) is 14.3. The van der Waals surface area contributed by atoms with E-state index >= 15 is 0 Å². The number of rotatable bonds is 8. The fourth-order valence-corrected chi connectivity index (χ4v) is 4.70. The summed E-state index contributed by atoms with van der Waals surface area (Å²) in [5.74, 6) is 0. The lowest BCUT2D eigenvalue weighted by molar-refractivity contribution is -0.384. The molecular formula is C20H23N5O4S. The molecule has 3 aromatic rings. The zero-order valence-electron chi connectivity index (χ0n) is 16.9. The van der Waals surface area contributed by atoms with Crippen LogP contribution in [0.25, 0.3) is 0 Å². The summed E-state index contributed by atoms with van der Waals surface area (Å²) in [5.41, 5.74) is 2.99. The number of aromatic nitrogens is 2. The lowest BCUT2D eigenvalue weighted by Gasteiger charge is -2.23. The van der Waals surface area contributed by atoms with Gasteiger partial charge in [0.1, 0.15) is 5.69 Å². The van der Waals surface area contributed by atoms with Crippen LogP contribution in [0.5, 0.6) is 0 Å². The number of anilines is 2. The molecule has 1 heterocycles. The average molecular weight is 430 g/mol. The van der Waals surface area contributed by atoms with Gasteiger partial charge in [0.25, 0.3) is 15.7 Å². The van der Waals surface area contributed by atoms with E-state index in [4.69, 9.17) is 0 Å². The van der Waals surface area contributed by atoms with Crippen molar-refractivity contribution in [1.29, 1.82) is 0 Å². The molecule has 0 aliphatic carbocycles. The monoisotopic (exact) mass is 429 g/mol. The third kappa shape index (κ3) is 4.13. The first-order valence-corrected chi connectivity index (χ1v) is 10.8. The fourth-order valence-electron chi connectivity index (χ4n) is 3.20. The topological polar surface area (TPSA) is 121 Å². The van der Waals surface area contributed by atoms with Crippen molar-refractivity contribution in [2.24, 2.45) is 0 Å². The van der Waals surface area contributed by atoms with Crippen LogP contribution in [0, 0.1) is 24.0 Å². The Bertz CT molecular complexity index is 1140. The molecule has 0 radical (unpaired) electrons. The van der Waals surface area contributed by atoms with Crippen molar-refractivity contribution in [3.8, 4) is 0 Å². The molecule has 158 valence electrons. The second-order valence-corrected chi connectivity index (χ2v) is 8.57. The van der Waals surface area contributed by atoms with Crippen molar-refractivity contribution in [2.45, 2.75) is 32.2 Å². The maximum atomic E-state index is 13.2. The molecule has 0 bridgehead atoms. The Labute approximate surface area is 174 Å². The highest BCUT2D eigenvalue weighted by Crippen LogP contribution is 2.31. The summed E-state index contributed by atoms with van der Waals surface area (Å²) in [5, 5.41) is 21.6. The molecule has 0 fully saturated rings. The molecule has 2 N–H and O–H groups in total. The van der Waals surface area contributed by atoms with E-state index < -0.39 is 14.9 Å². The minimum atomic E-state index is -3.96. The van der Waals surface area contributed by atoms with E-state index in [-0.39, 0.29) is 22.8 Å². The Kier molecular flexibility index (Phi) is 6.06. The van der Waals surface area contributed by atoms with Crippen LogP contribution in [-0.4, -0.2) is 30.1 Å². The molecule has 10 heteroatoms. The molecule has 0 atom stereocenters. The fraction of sp³-hybridized carbons (Fsp3) is 0.250. The summed E-state index contributed by atoms with van der Waals surface area (Å²) in [6, 6.07) is 12.5. The van der Waals surface area contributed by atoms with Gasteiger partial charge in [-0.15, -0.1) is 0 Å². The summed E-state index contributed by atoms with van der Waals surface area (Å²) in [7, 11) is -3.96. The van der Waals surface area contributed by atoms with Crippen LogP contribution >= 0.6 is 0 Å². The molecule has 0 saturated carbocycles. The molecule has 2 aromatic carbocycles. The number of nitrogens with one attached hydrogen (secondary N) is 2. The van der Waals surface area contributed by atoms with Crippen molar-refractivity contribution < 1.29 is 13.3 Å². The largest absolute Gasteiger partial charge is 0.375 e. The van der Waals surface area contributed by atoms with E-state index in [0.29, 0.717) is 12.2 Å². The van der Waals surface area contributed by atoms with Gasteiger partial charge in [0.05, 0.1) is 21.2 Å². The molecule has 3 rings (SSSR count). The van der Waals surface area contributed by atoms with Gasteiger partial charge in [0.15, 0.2) is 0 Å². The first kappa shape index (κ1) is 21.3. The summed E-state index contributed by atoms with van der Waals surface area (Å²) in [4.78, 5) is 10.9. The summed E-state index contributed by atoms with van der Waals surface area (Å²) in [6.45, 7) is 5.94. The summed E-state index contributed by atoms with van der Waals surface area (Å²) in [6.07, 6.45) is 0. The maximum absolute atomic E-state index is 13.2. The van der Waals surface area contributed by atoms with E-state index in [9.17, 15) is 18.5 Å². The second kappa shape index (κ2) is 8.54. The van der Waals surface area contributed by atoms with Crippen LogP contribution < -0.4 is 9.62 Å². The van der Waals surface area contributed by atoms with Gasteiger partial charge >= 0.3 is 0 Å². The first-order valence-electron chi connectivity index (χ1n) is 9.36. The van der Waals surface area contributed by atoms with Crippen LogP contribution in [0.2, 0.25) is 0 Å². The predicted octanol–water partition coefficient (Wildman–Crippen LogP) is 3.76. The Hall–Kier alpha value is -3.40. The quantitative estimate of drug-likeness (QED) is 0.415. The van der Waals surface area contributed by atoms with Gasteiger partial charge in [-0.1, -0.05) is 18.2 Å². The standard InChI is InChI=1S/C20H23N5O4S/c1-4-24(16-8-6-5-7-9-16)30(28,29)17-10-11-19(20(12-17)25(26)27)21-13-18-14(2)22-23-15(18)3/h5-12,21H,4,13H2,1-3H3,(H,22,23). The number of hydrogen-bond donors (Lipinski definition) is 2. The van der Waals surface area contributed by atoms with Crippen LogP contribution in [-0.2, 0) is 16.6 Å². The van der Waals surface area contributed by atoms with Crippen molar-refractivity contribution in [2.75, 3.05) is 16.2 Å². The number of benzene rings is 2. The Balaban J connectivity index is 1.95. The number of sulfonamides is 1. The molecule has 0 amide bonds. The average Bonchev–Trinajstić information content (AvgIpc) is 3.04. The number of hydrogen-bond acceptors (Lipinski definition) is 6. The Morgan fingerprint density at radius 1 is 1.17 bits per heavy atom. The van der Waals surface area contributed by atoms with Gasteiger partial charge in [-0.05, 0) is 45.0 Å². The van der Waals surface area contributed by atoms with Crippen molar-refractivity contribution >= 4 is 27.1 Å². The molecule has 0 aliphatic rings. The molecule has 30 heavy (non-hydrogen) atoms. The van der Waals surface area contributed by atoms with Crippen LogP contribution in [0.15, 0.2) is 53.4 Å². The zero-order valence-corrected chi connectivity index (χ0v) is 17.7. The molecular weight excluding hydrogens is 406 g/mol. The van der Waals surface area contributed by atoms with Gasteiger partial charge in [0.2, 0.25) is 0 Å².